The van der Waals surface area contributed by atoms with Gasteiger partial charge in [0.25, 0.3) is 5.69 Å². The Morgan fingerprint density at radius 3 is 2.36 bits per heavy atom. The van der Waals surface area contributed by atoms with Gasteiger partial charge in [0, 0.05) is 22.8 Å². The number of amides is 1. The molecule has 150 valence electrons. The Balaban J connectivity index is 2.46. The van der Waals surface area contributed by atoms with Gasteiger partial charge in [-0.1, -0.05) is 23.7 Å². The van der Waals surface area contributed by atoms with Crippen LogP contribution in [0.25, 0.3) is 0 Å². The van der Waals surface area contributed by atoms with Crippen LogP contribution in [0, 0.1) is 24.0 Å². The number of carbonyl (C=O) groups excluding carboxylic acids is 1. The molecule has 2 rings (SSSR count). The Kier molecular flexibility index (Phi) is 6.30. The third-order valence-electron chi connectivity index (χ3n) is 4.19. The number of nitro groups is 1. The number of hydrogen-bond donors (Lipinski definition) is 1. The van der Waals surface area contributed by atoms with Gasteiger partial charge >= 0.3 is 0 Å². The first-order chi connectivity index (χ1) is 12.9. The van der Waals surface area contributed by atoms with Crippen molar-refractivity contribution in [2.24, 2.45) is 0 Å². The number of halogens is 1. The summed E-state index contributed by atoms with van der Waals surface area (Å²) >= 11 is 5.96. The molecule has 1 N–H and O–H groups in total. The van der Waals surface area contributed by atoms with E-state index < -0.39 is 26.9 Å². The van der Waals surface area contributed by atoms with E-state index in [4.69, 9.17) is 11.6 Å². The van der Waals surface area contributed by atoms with E-state index in [-0.39, 0.29) is 11.4 Å². The average molecular weight is 426 g/mol. The summed E-state index contributed by atoms with van der Waals surface area (Å²) in [5.41, 5.74) is 1.49. The van der Waals surface area contributed by atoms with Crippen molar-refractivity contribution in [3.8, 4) is 0 Å². The minimum atomic E-state index is -3.91. The van der Waals surface area contributed by atoms with Crippen LogP contribution in [-0.4, -0.2) is 31.5 Å². The van der Waals surface area contributed by atoms with Crippen LogP contribution in [0.15, 0.2) is 36.4 Å². The molecule has 0 heterocycles. The summed E-state index contributed by atoms with van der Waals surface area (Å²) in [6.07, 6.45) is 0.944. The zero-order valence-corrected chi connectivity index (χ0v) is 17.3. The lowest BCUT2D eigenvalue weighted by Crippen LogP contribution is -2.45. The van der Waals surface area contributed by atoms with Crippen molar-refractivity contribution in [2.75, 3.05) is 15.9 Å². The van der Waals surface area contributed by atoms with Gasteiger partial charge in [-0.15, -0.1) is 0 Å². The normalized spacial score (nSPS) is 12.3. The topological polar surface area (TPSA) is 110 Å². The van der Waals surface area contributed by atoms with Crippen molar-refractivity contribution in [2.45, 2.75) is 26.8 Å². The van der Waals surface area contributed by atoms with Gasteiger partial charge < -0.3 is 5.32 Å². The van der Waals surface area contributed by atoms with Crippen LogP contribution in [0.3, 0.4) is 0 Å². The van der Waals surface area contributed by atoms with Gasteiger partial charge in [0.05, 0.1) is 16.9 Å². The van der Waals surface area contributed by atoms with Crippen LogP contribution in [0.1, 0.15) is 18.1 Å². The van der Waals surface area contributed by atoms with E-state index in [9.17, 15) is 23.3 Å². The van der Waals surface area contributed by atoms with Crippen molar-refractivity contribution in [1.82, 2.24) is 0 Å². The summed E-state index contributed by atoms with van der Waals surface area (Å²) in [5.74, 6) is -0.596. The highest BCUT2D eigenvalue weighted by Crippen LogP contribution is 2.30. The van der Waals surface area contributed by atoms with E-state index in [1.807, 2.05) is 0 Å². The molecule has 0 aromatic heterocycles. The van der Waals surface area contributed by atoms with Gasteiger partial charge in [0.2, 0.25) is 15.9 Å². The first kappa shape index (κ1) is 21.6. The molecule has 0 aliphatic rings. The second-order valence-electron chi connectivity index (χ2n) is 6.41. The summed E-state index contributed by atoms with van der Waals surface area (Å²) in [6, 6.07) is 7.66. The van der Waals surface area contributed by atoms with E-state index >= 15 is 0 Å². The number of aryl methyl sites for hydroxylation is 2. The van der Waals surface area contributed by atoms with Gasteiger partial charge in [-0.05, 0) is 44.0 Å². The minimum Gasteiger partial charge on any atom is -0.324 e. The largest absolute Gasteiger partial charge is 0.324 e. The molecule has 2 aromatic carbocycles. The van der Waals surface area contributed by atoms with E-state index in [0.717, 1.165) is 22.2 Å². The summed E-state index contributed by atoms with van der Waals surface area (Å²) in [7, 11) is -3.91. The number of nitro benzene ring substituents is 1. The Morgan fingerprint density at radius 2 is 1.79 bits per heavy atom. The fourth-order valence-electron chi connectivity index (χ4n) is 2.70. The number of nitrogens with zero attached hydrogens (tertiary/aromatic N) is 2. The number of carbonyl (C=O) groups is 1. The predicted octanol–water partition coefficient (Wildman–Crippen LogP) is 3.66. The van der Waals surface area contributed by atoms with Gasteiger partial charge in [0.15, 0.2) is 0 Å². The van der Waals surface area contributed by atoms with Crippen LogP contribution >= 0.6 is 11.6 Å². The first-order valence-electron chi connectivity index (χ1n) is 8.23. The zero-order valence-electron chi connectivity index (χ0n) is 15.8. The summed E-state index contributed by atoms with van der Waals surface area (Å²) in [6.45, 7) is 4.80. The number of anilines is 2. The van der Waals surface area contributed by atoms with Crippen LogP contribution < -0.4 is 9.62 Å². The zero-order chi connectivity index (χ0) is 21.2. The number of rotatable bonds is 6. The SMILES string of the molecule is Cc1ccc(Cl)cc1NC(=O)[C@H](C)N(c1cc([N+](=O)[O-])ccc1C)S(C)(=O)=O. The van der Waals surface area contributed by atoms with Gasteiger partial charge in [-0.3, -0.25) is 19.2 Å². The monoisotopic (exact) mass is 425 g/mol. The Bertz CT molecular complexity index is 1040. The van der Waals surface area contributed by atoms with Crippen LogP contribution in [-0.2, 0) is 14.8 Å². The molecule has 8 nitrogen and oxygen atoms in total. The maximum absolute atomic E-state index is 12.8. The van der Waals surface area contributed by atoms with Crippen LogP contribution in [0.5, 0.6) is 0 Å². The highest BCUT2D eigenvalue weighted by molar-refractivity contribution is 7.92. The minimum absolute atomic E-state index is 0.0715. The quantitative estimate of drug-likeness (QED) is 0.561. The number of non-ortho nitro benzene ring substituents is 1. The highest BCUT2D eigenvalue weighted by Gasteiger charge is 2.31. The first-order valence-corrected chi connectivity index (χ1v) is 10.5. The van der Waals surface area contributed by atoms with Crippen LogP contribution in [0.2, 0.25) is 5.02 Å². The Labute approximate surface area is 168 Å². The molecule has 0 radical (unpaired) electrons. The standard InChI is InChI=1S/C18H20ClN3O5S/c1-11-5-7-14(19)9-16(11)20-18(23)13(3)21(28(4,26)27)17-10-15(22(24)25)8-6-12(17)2/h5-10,13H,1-4H3,(H,20,23)/t13-/m0/s1. The summed E-state index contributed by atoms with van der Waals surface area (Å²) in [4.78, 5) is 23.2. The number of nitrogens with one attached hydrogen (secondary N) is 1. The molecular weight excluding hydrogens is 406 g/mol. The summed E-state index contributed by atoms with van der Waals surface area (Å²) < 4.78 is 25.8. The number of sulfonamides is 1. The lowest BCUT2D eigenvalue weighted by Gasteiger charge is -2.29. The maximum atomic E-state index is 12.8. The third-order valence-corrected chi connectivity index (χ3v) is 5.65. The van der Waals surface area contributed by atoms with Gasteiger partial charge in [0.1, 0.15) is 6.04 Å². The van der Waals surface area contributed by atoms with E-state index in [2.05, 4.69) is 5.32 Å². The molecule has 0 fully saturated rings. The molecule has 2 aromatic rings. The molecule has 0 aliphatic heterocycles. The fourth-order valence-corrected chi connectivity index (χ4v) is 4.09. The van der Waals surface area contributed by atoms with Crippen LogP contribution in [0.4, 0.5) is 17.1 Å². The third kappa shape index (κ3) is 4.79. The van der Waals surface area contributed by atoms with E-state index in [1.165, 1.54) is 19.1 Å². The second kappa shape index (κ2) is 8.15. The molecule has 0 spiro atoms. The Morgan fingerprint density at radius 1 is 1.18 bits per heavy atom. The molecule has 0 aliphatic carbocycles. The van der Waals surface area contributed by atoms with E-state index in [1.54, 1.807) is 32.0 Å². The average Bonchev–Trinajstić information content (AvgIpc) is 2.58. The molecule has 1 amide bonds. The predicted molar refractivity (Wildman–Crippen MR) is 109 cm³/mol. The Hall–Kier alpha value is -2.65. The molecule has 28 heavy (non-hydrogen) atoms. The summed E-state index contributed by atoms with van der Waals surface area (Å²) in [5, 5.41) is 14.2. The molecule has 0 bridgehead atoms. The molecule has 0 saturated heterocycles. The maximum Gasteiger partial charge on any atom is 0.271 e. The molecule has 10 heteroatoms. The highest BCUT2D eigenvalue weighted by atomic mass is 35.5. The molecule has 1 atom stereocenters. The van der Waals surface area contributed by atoms with Crippen molar-refractivity contribution in [1.29, 1.82) is 0 Å². The molecule has 0 unspecified atom stereocenters. The molecular formula is C18H20ClN3O5S. The van der Waals surface area contributed by atoms with Crippen molar-refractivity contribution < 1.29 is 18.1 Å². The fraction of sp³-hybridized carbons (Fsp3) is 0.278. The number of benzene rings is 2. The van der Waals surface area contributed by atoms with E-state index in [0.29, 0.717) is 16.3 Å². The lowest BCUT2D eigenvalue weighted by molar-refractivity contribution is -0.384. The van der Waals surface area contributed by atoms with Gasteiger partial charge in [-0.2, -0.15) is 0 Å². The van der Waals surface area contributed by atoms with Crippen molar-refractivity contribution >= 4 is 44.6 Å². The van der Waals surface area contributed by atoms with Crippen molar-refractivity contribution in [3.05, 3.63) is 62.7 Å². The van der Waals surface area contributed by atoms with Gasteiger partial charge in [-0.25, -0.2) is 8.42 Å². The van der Waals surface area contributed by atoms with Crippen molar-refractivity contribution in [3.63, 3.8) is 0 Å². The lowest BCUT2D eigenvalue weighted by atomic mass is 10.1. The molecule has 0 saturated carbocycles. The number of hydrogen-bond acceptors (Lipinski definition) is 5. The second-order valence-corrected chi connectivity index (χ2v) is 8.71. The smallest absolute Gasteiger partial charge is 0.271 e.